The molecule has 3 aromatic rings. The molecule has 0 amide bonds. The first-order valence-electron chi connectivity index (χ1n) is 6.30. The number of carbonyl (C=O) groups excluding carboxylic acids is 1. The maximum Gasteiger partial charge on any atom is 0.193 e. The number of halogens is 1. The first-order valence-corrected chi connectivity index (χ1v) is 7.10. The summed E-state index contributed by atoms with van der Waals surface area (Å²) >= 11 is 3.42. The van der Waals surface area contributed by atoms with Gasteiger partial charge in [0.1, 0.15) is 0 Å². The van der Waals surface area contributed by atoms with Crippen LogP contribution in [0.4, 0.5) is 0 Å². The Morgan fingerprint density at radius 3 is 2.75 bits per heavy atom. The molecule has 0 bridgehead atoms. The molecule has 20 heavy (non-hydrogen) atoms. The number of hydrogen-bond acceptors (Lipinski definition) is 2. The van der Waals surface area contributed by atoms with Crippen LogP contribution in [0.1, 0.15) is 21.5 Å². The SMILES string of the molecule is Cc1cc(Br)ccc1C(=O)c1cccc2cnccc12. The quantitative estimate of drug-likeness (QED) is 0.647. The molecule has 3 heteroatoms. The van der Waals surface area contributed by atoms with E-state index in [4.69, 9.17) is 0 Å². The highest BCUT2D eigenvalue weighted by Crippen LogP contribution is 2.23. The van der Waals surface area contributed by atoms with Gasteiger partial charge in [-0.2, -0.15) is 0 Å². The number of aromatic nitrogens is 1. The summed E-state index contributed by atoms with van der Waals surface area (Å²) in [6.07, 6.45) is 3.49. The monoisotopic (exact) mass is 325 g/mol. The van der Waals surface area contributed by atoms with Gasteiger partial charge >= 0.3 is 0 Å². The van der Waals surface area contributed by atoms with Crippen LogP contribution in [-0.4, -0.2) is 10.8 Å². The van der Waals surface area contributed by atoms with Gasteiger partial charge in [-0.05, 0) is 42.1 Å². The predicted molar refractivity (Wildman–Crippen MR) is 84.1 cm³/mol. The summed E-state index contributed by atoms with van der Waals surface area (Å²) in [5.41, 5.74) is 2.42. The van der Waals surface area contributed by atoms with Gasteiger partial charge in [-0.15, -0.1) is 0 Å². The zero-order chi connectivity index (χ0) is 14.1. The van der Waals surface area contributed by atoms with E-state index in [9.17, 15) is 4.79 Å². The van der Waals surface area contributed by atoms with E-state index in [0.29, 0.717) is 0 Å². The third-order valence-corrected chi connectivity index (χ3v) is 3.85. The van der Waals surface area contributed by atoms with E-state index in [0.717, 1.165) is 31.9 Å². The summed E-state index contributed by atoms with van der Waals surface area (Å²) in [5.74, 6) is 0.0480. The molecule has 0 spiro atoms. The number of carbonyl (C=O) groups is 1. The average Bonchev–Trinajstić information content (AvgIpc) is 2.46. The first kappa shape index (κ1) is 13.0. The molecule has 0 unspecified atom stereocenters. The first-order chi connectivity index (χ1) is 9.66. The van der Waals surface area contributed by atoms with Gasteiger partial charge in [-0.25, -0.2) is 0 Å². The summed E-state index contributed by atoms with van der Waals surface area (Å²) in [7, 11) is 0. The van der Waals surface area contributed by atoms with Gasteiger partial charge in [0.15, 0.2) is 5.78 Å². The van der Waals surface area contributed by atoms with E-state index in [1.165, 1.54) is 0 Å². The Kier molecular flexibility index (Phi) is 3.36. The van der Waals surface area contributed by atoms with Gasteiger partial charge < -0.3 is 0 Å². The highest BCUT2D eigenvalue weighted by atomic mass is 79.9. The summed E-state index contributed by atoms with van der Waals surface area (Å²) < 4.78 is 0.980. The Hall–Kier alpha value is -2.00. The minimum Gasteiger partial charge on any atom is -0.289 e. The van der Waals surface area contributed by atoms with Crippen molar-refractivity contribution in [1.29, 1.82) is 0 Å². The lowest BCUT2D eigenvalue weighted by atomic mass is 9.96. The maximum atomic E-state index is 12.8. The van der Waals surface area contributed by atoms with Crippen molar-refractivity contribution in [3.63, 3.8) is 0 Å². The van der Waals surface area contributed by atoms with Crippen LogP contribution in [0.2, 0.25) is 0 Å². The molecule has 0 N–H and O–H groups in total. The summed E-state index contributed by atoms with van der Waals surface area (Å²) in [4.78, 5) is 16.9. The Morgan fingerprint density at radius 2 is 1.95 bits per heavy atom. The molecule has 0 atom stereocenters. The Bertz CT molecular complexity index is 806. The van der Waals surface area contributed by atoms with Crippen LogP contribution in [-0.2, 0) is 0 Å². The van der Waals surface area contributed by atoms with Gasteiger partial charge in [0, 0.05) is 33.4 Å². The number of hydrogen-bond donors (Lipinski definition) is 0. The van der Waals surface area contributed by atoms with E-state index >= 15 is 0 Å². The van der Waals surface area contributed by atoms with Crippen LogP contribution >= 0.6 is 15.9 Å². The summed E-state index contributed by atoms with van der Waals surface area (Å²) in [6, 6.07) is 13.3. The van der Waals surface area contributed by atoms with Gasteiger partial charge in [-0.1, -0.05) is 34.1 Å². The molecule has 0 fully saturated rings. The molecule has 3 rings (SSSR count). The predicted octanol–water partition coefficient (Wildman–Crippen LogP) is 4.54. The molecule has 2 aromatic carbocycles. The van der Waals surface area contributed by atoms with Crippen molar-refractivity contribution in [1.82, 2.24) is 4.98 Å². The molecule has 0 aliphatic carbocycles. The van der Waals surface area contributed by atoms with Crippen LogP contribution in [0.3, 0.4) is 0 Å². The summed E-state index contributed by atoms with van der Waals surface area (Å²) in [6.45, 7) is 1.95. The molecule has 2 nitrogen and oxygen atoms in total. The van der Waals surface area contributed by atoms with Crippen LogP contribution in [0.5, 0.6) is 0 Å². The minimum absolute atomic E-state index is 0.0480. The minimum atomic E-state index is 0.0480. The molecule has 1 heterocycles. The number of aryl methyl sites for hydroxylation is 1. The molecule has 0 aliphatic rings. The van der Waals surface area contributed by atoms with E-state index in [-0.39, 0.29) is 5.78 Å². The number of benzene rings is 2. The molecule has 1 aromatic heterocycles. The molecule has 0 aliphatic heterocycles. The second-order valence-electron chi connectivity index (χ2n) is 4.69. The van der Waals surface area contributed by atoms with Crippen molar-refractivity contribution in [3.8, 4) is 0 Å². The van der Waals surface area contributed by atoms with Crippen LogP contribution in [0.15, 0.2) is 59.3 Å². The molecule has 0 saturated carbocycles. The number of nitrogens with zero attached hydrogens (tertiary/aromatic N) is 1. The smallest absolute Gasteiger partial charge is 0.193 e. The summed E-state index contributed by atoms with van der Waals surface area (Å²) in [5, 5.41) is 1.92. The molecule has 0 radical (unpaired) electrons. The Labute approximate surface area is 125 Å². The highest BCUT2D eigenvalue weighted by molar-refractivity contribution is 9.10. The lowest BCUT2D eigenvalue weighted by Crippen LogP contribution is -2.04. The number of rotatable bonds is 2. The maximum absolute atomic E-state index is 12.8. The van der Waals surface area contributed by atoms with Crippen molar-refractivity contribution < 1.29 is 4.79 Å². The fourth-order valence-electron chi connectivity index (χ4n) is 2.35. The van der Waals surface area contributed by atoms with Crippen LogP contribution < -0.4 is 0 Å². The standard InChI is InChI=1S/C17H12BrNO/c1-11-9-13(18)5-6-14(11)17(20)16-4-2-3-12-10-19-8-7-15(12)16/h2-10H,1H3. The largest absolute Gasteiger partial charge is 0.289 e. The Morgan fingerprint density at radius 1 is 1.10 bits per heavy atom. The lowest BCUT2D eigenvalue weighted by Gasteiger charge is -2.08. The van der Waals surface area contributed by atoms with E-state index in [1.54, 1.807) is 12.4 Å². The third kappa shape index (κ3) is 2.25. The van der Waals surface area contributed by atoms with E-state index in [2.05, 4.69) is 20.9 Å². The van der Waals surface area contributed by atoms with Gasteiger partial charge in [-0.3, -0.25) is 9.78 Å². The van der Waals surface area contributed by atoms with Gasteiger partial charge in [0.25, 0.3) is 0 Å². The molecule has 98 valence electrons. The van der Waals surface area contributed by atoms with Crippen LogP contribution in [0.25, 0.3) is 10.8 Å². The molecular weight excluding hydrogens is 314 g/mol. The van der Waals surface area contributed by atoms with Crippen LogP contribution in [0, 0.1) is 6.92 Å². The zero-order valence-electron chi connectivity index (χ0n) is 10.9. The third-order valence-electron chi connectivity index (χ3n) is 3.36. The lowest BCUT2D eigenvalue weighted by molar-refractivity contribution is 0.103. The van der Waals surface area contributed by atoms with E-state index < -0.39 is 0 Å². The fourth-order valence-corrected chi connectivity index (χ4v) is 2.82. The topological polar surface area (TPSA) is 30.0 Å². The van der Waals surface area contributed by atoms with Crippen molar-refractivity contribution in [2.24, 2.45) is 0 Å². The van der Waals surface area contributed by atoms with E-state index in [1.807, 2.05) is 49.4 Å². The fraction of sp³-hybridized carbons (Fsp3) is 0.0588. The Balaban J connectivity index is 2.18. The second-order valence-corrected chi connectivity index (χ2v) is 5.61. The molecule has 0 saturated heterocycles. The van der Waals surface area contributed by atoms with Gasteiger partial charge in [0.05, 0.1) is 0 Å². The number of ketones is 1. The van der Waals surface area contributed by atoms with Crippen molar-refractivity contribution in [2.45, 2.75) is 6.92 Å². The van der Waals surface area contributed by atoms with Crippen molar-refractivity contribution in [2.75, 3.05) is 0 Å². The highest BCUT2D eigenvalue weighted by Gasteiger charge is 2.14. The van der Waals surface area contributed by atoms with Gasteiger partial charge in [0.2, 0.25) is 0 Å². The normalized spacial score (nSPS) is 10.7. The average molecular weight is 326 g/mol. The number of pyridine rings is 1. The zero-order valence-corrected chi connectivity index (χ0v) is 12.5. The number of fused-ring (bicyclic) bond motifs is 1. The molecular formula is C17H12BrNO. The van der Waals surface area contributed by atoms with Crippen molar-refractivity contribution in [3.05, 3.63) is 76.0 Å². The van der Waals surface area contributed by atoms with Crippen molar-refractivity contribution >= 4 is 32.5 Å². The second kappa shape index (κ2) is 5.17.